The molecule has 0 heterocycles. The molecule has 10 heavy (non-hydrogen) atoms. The Morgan fingerprint density at radius 3 is 2.80 bits per heavy atom. The van der Waals surface area contributed by atoms with E-state index in [2.05, 4.69) is 25.0 Å². The van der Waals surface area contributed by atoms with Gasteiger partial charge in [-0.3, -0.25) is 0 Å². The van der Waals surface area contributed by atoms with Crippen molar-refractivity contribution in [1.29, 1.82) is 0 Å². The van der Waals surface area contributed by atoms with E-state index >= 15 is 0 Å². The molecule has 0 nitrogen and oxygen atoms in total. The molecule has 0 aliphatic heterocycles. The first-order valence-corrected chi connectivity index (χ1v) is 3.51. The predicted molar refractivity (Wildman–Crippen MR) is 46.6 cm³/mol. The lowest BCUT2D eigenvalue weighted by Gasteiger charge is -1.91. The minimum Gasteiger partial charge on any atom is -0.120 e. The Morgan fingerprint density at radius 1 is 1.60 bits per heavy atom. The van der Waals surface area contributed by atoms with Crippen LogP contribution in [0.15, 0.2) is 23.8 Å². The third-order valence-electron chi connectivity index (χ3n) is 1.24. The zero-order valence-electron chi connectivity index (χ0n) is 6.72. The first-order chi connectivity index (χ1) is 4.81. The standard InChI is InChI=1S/C10H14/c1-4-6-8-10(3)9-7-5-2/h1,5,7-8H,6,9H2,2-3H3/b7-5-,10-8-. The normalized spacial score (nSPS) is 11.9. The maximum Gasteiger partial charge on any atom is 0.0269 e. The fourth-order valence-electron chi connectivity index (χ4n) is 0.620. The zero-order valence-corrected chi connectivity index (χ0v) is 6.72. The van der Waals surface area contributed by atoms with Crippen molar-refractivity contribution in [3.05, 3.63) is 23.8 Å². The predicted octanol–water partition coefficient (Wildman–Crippen LogP) is 2.92. The van der Waals surface area contributed by atoms with Crippen LogP contribution < -0.4 is 0 Å². The molecule has 54 valence electrons. The number of hydrogen-bond acceptors (Lipinski definition) is 0. The molecule has 0 amide bonds. The zero-order chi connectivity index (χ0) is 7.82. The van der Waals surface area contributed by atoms with Gasteiger partial charge in [-0.15, -0.1) is 12.3 Å². The van der Waals surface area contributed by atoms with Gasteiger partial charge in [0.15, 0.2) is 0 Å². The Kier molecular flexibility index (Phi) is 5.57. The number of terminal acetylenes is 1. The minimum atomic E-state index is 0.753. The third kappa shape index (κ3) is 5.18. The van der Waals surface area contributed by atoms with E-state index in [1.165, 1.54) is 5.57 Å². The van der Waals surface area contributed by atoms with Gasteiger partial charge in [0.05, 0.1) is 0 Å². The average molecular weight is 134 g/mol. The van der Waals surface area contributed by atoms with Crippen LogP contribution in [0.25, 0.3) is 0 Å². The van der Waals surface area contributed by atoms with Crippen LogP contribution in [0.3, 0.4) is 0 Å². The highest BCUT2D eigenvalue weighted by Gasteiger charge is 1.81. The van der Waals surface area contributed by atoms with E-state index in [0.717, 1.165) is 12.8 Å². The molecule has 0 bridgehead atoms. The van der Waals surface area contributed by atoms with E-state index < -0.39 is 0 Å². The monoisotopic (exact) mass is 134 g/mol. The summed E-state index contributed by atoms with van der Waals surface area (Å²) in [6.45, 7) is 4.12. The fraction of sp³-hybridized carbons (Fsp3) is 0.400. The first kappa shape index (κ1) is 9.04. The van der Waals surface area contributed by atoms with Crippen LogP contribution >= 0.6 is 0 Å². The van der Waals surface area contributed by atoms with E-state index in [1.807, 2.05) is 13.0 Å². The van der Waals surface area contributed by atoms with Gasteiger partial charge in [-0.05, 0) is 20.3 Å². The molecule has 0 atom stereocenters. The molecule has 0 aromatic carbocycles. The van der Waals surface area contributed by atoms with Crippen molar-refractivity contribution in [3.63, 3.8) is 0 Å². The Morgan fingerprint density at radius 2 is 2.30 bits per heavy atom. The van der Waals surface area contributed by atoms with Crippen molar-refractivity contribution in [2.75, 3.05) is 0 Å². The highest BCUT2D eigenvalue weighted by atomic mass is 13.9. The van der Waals surface area contributed by atoms with Crippen LogP contribution in [0.5, 0.6) is 0 Å². The highest BCUT2D eigenvalue weighted by molar-refractivity contribution is 5.08. The molecule has 0 aliphatic rings. The molecule has 0 saturated heterocycles. The Bertz CT molecular complexity index is 165. The van der Waals surface area contributed by atoms with Crippen molar-refractivity contribution < 1.29 is 0 Å². The third-order valence-corrected chi connectivity index (χ3v) is 1.24. The second-order valence-electron chi connectivity index (χ2n) is 2.23. The fourth-order valence-corrected chi connectivity index (χ4v) is 0.620. The summed E-state index contributed by atoms with van der Waals surface area (Å²) in [5.74, 6) is 2.57. The van der Waals surface area contributed by atoms with Gasteiger partial charge in [-0.25, -0.2) is 0 Å². The second-order valence-corrected chi connectivity index (χ2v) is 2.23. The van der Waals surface area contributed by atoms with Gasteiger partial charge in [0.25, 0.3) is 0 Å². The van der Waals surface area contributed by atoms with E-state index in [4.69, 9.17) is 6.42 Å². The summed E-state index contributed by atoms with van der Waals surface area (Å²) < 4.78 is 0. The van der Waals surface area contributed by atoms with Crippen LogP contribution in [0.1, 0.15) is 26.7 Å². The molecule has 0 rings (SSSR count). The lowest BCUT2D eigenvalue weighted by atomic mass is 10.2. The SMILES string of the molecule is C#CC/C=C(/C)C/C=C\C. The van der Waals surface area contributed by atoms with Crippen LogP contribution in [0.2, 0.25) is 0 Å². The largest absolute Gasteiger partial charge is 0.120 e. The number of allylic oxidation sites excluding steroid dienone is 4. The number of rotatable bonds is 3. The van der Waals surface area contributed by atoms with Crippen molar-refractivity contribution >= 4 is 0 Å². The first-order valence-electron chi connectivity index (χ1n) is 3.51. The summed E-state index contributed by atoms with van der Waals surface area (Å²) in [5.41, 5.74) is 1.34. The lowest BCUT2D eigenvalue weighted by molar-refractivity contribution is 1.17. The molecule has 0 aliphatic carbocycles. The molecular formula is C10H14. The second kappa shape index (κ2) is 6.16. The van der Waals surface area contributed by atoms with Gasteiger partial charge in [-0.1, -0.05) is 23.8 Å². The minimum absolute atomic E-state index is 0.753. The van der Waals surface area contributed by atoms with Crippen molar-refractivity contribution in [2.24, 2.45) is 0 Å². The molecule has 0 saturated carbocycles. The lowest BCUT2D eigenvalue weighted by Crippen LogP contribution is -1.71. The maximum absolute atomic E-state index is 5.09. The van der Waals surface area contributed by atoms with Crippen molar-refractivity contribution in [2.45, 2.75) is 26.7 Å². The molecule has 0 N–H and O–H groups in total. The Balaban J connectivity index is 3.62. The summed E-state index contributed by atoms with van der Waals surface area (Å²) >= 11 is 0. The topological polar surface area (TPSA) is 0 Å². The van der Waals surface area contributed by atoms with Gasteiger partial charge in [0.2, 0.25) is 0 Å². The summed E-state index contributed by atoms with van der Waals surface area (Å²) in [4.78, 5) is 0. The van der Waals surface area contributed by atoms with Crippen molar-refractivity contribution in [1.82, 2.24) is 0 Å². The van der Waals surface area contributed by atoms with Crippen LogP contribution in [-0.4, -0.2) is 0 Å². The molecule has 0 heteroatoms. The van der Waals surface area contributed by atoms with E-state index in [9.17, 15) is 0 Å². The molecule has 0 fully saturated rings. The quantitative estimate of drug-likeness (QED) is 0.411. The molecule has 0 unspecified atom stereocenters. The van der Waals surface area contributed by atoms with Crippen molar-refractivity contribution in [3.8, 4) is 12.3 Å². The summed E-state index contributed by atoms with van der Waals surface area (Å²) in [7, 11) is 0. The van der Waals surface area contributed by atoms with Crippen LogP contribution in [-0.2, 0) is 0 Å². The molecular weight excluding hydrogens is 120 g/mol. The van der Waals surface area contributed by atoms with Gasteiger partial charge < -0.3 is 0 Å². The van der Waals surface area contributed by atoms with E-state index in [-0.39, 0.29) is 0 Å². The summed E-state index contributed by atoms with van der Waals surface area (Å²) in [5, 5.41) is 0. The summed E-state index contributed by atoms with van der Waals surface area (Å²) in [6, 6.07) is 0. The Labute approximate surface area is 63.6 Å². The van der Waals surface area contributed by atoms with Crippen LogP contribution in [0.4, 0.5) is 0 Å². The van der Waals surface area contributed by atoms with E-state index in [1.54, 1.807) is 0 Å². The Hall–Kier alpha value is -0.960. The summed E-state index contributed by atoms with van der Waals surface area (Å²) in [6.07, 6.45) is 13.1. The van der Waals surface area contributed by atoms with Crippen LogP contribution in [0, 0.1) is 12.3 Å². The number of hydrogen-bond donors (Lipinski definition) is 0. The van der Waals surface area contributed by atoms with Gasteiger partial charge >= 0.3 is 0 Å². The van der Waals surface area contributed by atoms with Gasteiger partial charge in [-0.2, -0.15) is 0 Å². The van der Waals surface area contributed by atoms with Gasteiger partial charge in [0, 0.05) is 6.42 Å². The molecule has 0 radical (unpaired) electrons. The maximum atomic E-state index is 5.09. The average Bonchev–Trinajstić information content (AvgIpc) is 1.97. The molecule has 0 aromatic heterocycles. The van der Waals surface area contributed by atoms with E-state index in [0.29, 0.717) is 0 Å². The highest BCUT2D eigenvalue weighted by Crippen LogP contribution is 2.01. The van der Waals surface area contributed by atoms with Gasteiger partial charge in [0.1, 0.15) is 0 Å². The smallest absolute Gasteiger partial charge is 0.0269 e. The molecule has 0 spiro atoms. The molecule has 0 aromatic rings.